The Kier molecular flexibility index (Phi) is 4.73. The summed E-state index contributed by atoms with van der Waals surface area (Å²) >= 11 is 0. The molecule has 0 fully saturated rings. The summed E-state index contributed by atoms with van der Waals surface area (Å²) in [7, 11) is 0. The quantitative estimate of drug-likeness (QED) is 0.501. The number of carboxylic acids is 1. The van der Waals surface area contributed by atoms with E-state index in [1.807, 2.05) is 0 Å². The monoisotopic (exact) mass is 336 g/mol. The molecule has 0 saturated carbocycles. The fraction of sp³-hybridized carbons (Fsp3) is 0.0588. The van der Waals surface area contributed by atoms with E-state index in [9.17, 15) is 22.8 Å². The number of aliphatic carboxylic acids is 1. The number of aliphatic hydroxyl groups is 1. The van der Waals surface area contributed by atoms with Crippen LogP contribution in [0.3, 0.4) is 0 Å². The number of rotatable bonds is 4. The zero-order valence-corrected chi connectivity index (χ0v) is 12.0. The summed E-state index contributed by atoms with van der Waals surface area (Å²) in [5.74, 6) is -3.40. The topological polar surface area (TPSA) is 74.6 Å². The fourth-order valence-electron chi connectivity index (χ4n) is 1.95. The van der Waals surface area contributed by atoms with Gasteiger partial charge in [0.2, 0.25) is 5.76 Å². The minimum Gasteiger partial charge on any atom is -0.502 e. The summed E-state index contributed by atoms with van der Waals surface area (Å²) in [6, 6.07) is 10.4. The van der Waals surface area contributed by atoms with Gasteiger partial charge in [-0.25, -0.2) is 4.79 Å². The third-order valence-electron chi connectivity index (χ3n) is 3.20. The molecule has 4 nitrogen and oxygen atoms in total. The third-order valence-corrected chi connectivity index (χ3v) is 3.20. The van der Waals surface area contributed by atoms with Crippen molar-refractivity contribution in [1.82, 2.24) is 0 Å². The number of carbonyl (C=O) groups excluding carboxylic acids is 1. The second kappa shape index (κ2) is 6.57. The van der Waals surface area contributed by atoms with E-state index in [1.54, 1.807) is 0 Å². The Morgan fingerprint density at radius 2 is 1.29 bits per heavy atom. The average molecular weight is 336 g/mol. The van der Waals surface area contributed by atoms with Crippen LogP contribution in [-0.4, -0.2) is 22.0 Å². The van der Waals surface area contributed by atoms with Crippen molar-refractivity contribution in [2.24, 2.45) is 0 Å². The van der Waals surface area contributed by atoms with Gasteiger partial charge in [-0.15, -0.1) is 0 Å². The molecule has 2 rings (SSSR count). The predicted octanol–water partition coefficient (Wildman–Crippen LogP) is 4.08. The van der Waals surface area contributed by atoms with Crippen molar-refractivity contribution in [1.29, 1.82) is 0 Å². The van der Waals surface area contributed by atoms with Crippen LogP contribution in [0.4, 0.5) is 13.2 Å². The lowest BCUT2D eigenvalue weighted by Crippen LogP contribution is -2.04. The van der Waals surface area contributed by atoms with E-state index < -0.39 is 29.3 Å². The Hall–Kier alpha value is -3.09. The first-order valence-electron chi connectivity index (χ1n) is 6.64. The van der Waals surface area contributed by atoms with Crippen LogP contribution in [0.25, 0.3) is 11.1 Å². The fourth-order valence-corrected chi connectivity index (χ4v) is 1.95. The first-order chi connectivity index (χ1) is 11.2. The molecule has 0 spiro atoms. The van der Waals surface area contributed by atoms with Gasteiger partial charge in [0.1, 0.15) is 0 Å². The van der Waals surface area contributed by atoms with Gasteiger partial charge in [-0.05, 0) is 23.3 Å². The first-order valence-corrected chi connectivity index (χ1v) is 6.64. The summed E-state index contributed by atoms with van der Waals surface area (Å²) in [6.45, 7) is 0. The van der Waals surface area contributed by atoms with Crippen molar-refractivity contribution in [3.8, 4) is 11.1 Å². The van der Waals surface area contributed by atoms with Crippen LogP contribution in [0.5, 0.6) is 0 Å². The average Bonchev–Trinajstić information content (AvgIpc) is 2.54. The summed E-state index contributed by atoms with van der Waals surface area (Å²) in [6.07, 6.45) is -3.83. The molecule has 0 saturated heterocycles. The van der Waals surface area contributed by atoms with Gasteiger partial charge in [-0.2, -0.15) is 13.2 Å². The van der Waals surface area contributed by atoms with E-state index in [-0.39, 0.29) is 5.56 Å². The van der Waals surface area contributed by atoms with Crippen molar-refractivity contribution >= 4 is 11.8 Å². The van der Waals surface area contributed by atoms with Crippen LogP contribution in [0.15, 0.2) is 60.4 Å². The van der Waals surface area contributed by atoms with Crippen molar-refractivity contribution < 1.29 is 33.0 Å². The molecule has 0 aliphatic carbocycles. The van der Waals surface area contributed by atoms with Crippen molar-refractivity contribution in [2.45, 2.75) is 6.18 Å². The molecule has 7 heteroatoms. The van der Waals surface area contributed by atoms with E-state index in [4.69, 9.17) is 10.2 Å². The highest BCUT2D eigenvalue weighted by molar-refractivity contribution is 6.07. The Bertz CT molecular complexity index is 788. The molecular formula is C17H11F3O4. The van der Waals surface area contributed by atoms with Gasteiger partial charge in [-0.1, -0.05) is 36.4 Å². The lowest BCUT2D eigenvalue weighted by atomic mass is 10.0. The third kappa shape index (κ3) is 4.01. The number of halogens is 3. The van der Waals surface area contributed by atoms with E-state index >= 15 is 0 Å². The van der Waals surface area contributed by atoms with Crippen molar-refractivity contribution in [2.75, 3.05) is 0 Å². The number of carbonyl (C=O) groups is 2. The number of carboxylic acid groups (broad SMARTS) is 1. The standard InChI is InChI=1S/C17H11F3O4/c18-17(19,20)13-7-5-11(6-8-13)10-1-3-12(4-2-10)14(21)9-15(22)16(23)24/h1-9,22H,(H,23,24)/b15-9-. The Morgan fingerprint density at radius 1 is 0.833 bits per heavy atom. The summed E-state index contributed by atoms with van der Waals surface area (Å²) in [5.41, 5.74) is 0.503. The van der Waals surface area contributed by atoms with E-state index in [0.717, 1.165) is 12.1 Å². The molecule has 2 N–H and O–H groups in total. The van der Waals surface area contributed by atoms with Gasteiger partial charge >= 0.3 is 12.1 Å². The SMILES string of the molecule is O=C(O)/C(O)=C/C(=O)c1ccc(-c2ccc(C(F)(F)F)cc2)cc1. The van der Waals surface area contributed by atoms with Crippen molar-refractivity contribution in [3.63, 3.8) is 0 Å². The minimum atomic E-state index is -4.41. The highest BCUT2D eigenvalue weighted by Gasteiger charge is 2.29. The molecule has 0 aromatic heterocycles. The molecule has 0 aliphatic rings. The number of hydrogen-bond acceptors (Lipinski definition) is 3. The molecule has 124 valence electrons. The second-order valence-electron chi connectivity index (χ2n) is 4.85. The normalized spacial score (nSPS) is 12.0. The number of ketones is 1. The Labute approximate surface area is 134 Å². The summed E-state index contributed by atoms with van der Waals surface area (Å²) in [4.78, 5) is 22.2. The first kappa shape index (κ1) is 17.3. The lowest BCUT2D eigenvalue weighted by Gasteiger charge is -2.08. The van der Waals surface area contributed by atoms with E-state index in [0.29, 0.717) is 17.2 Å². The number of alkyl halides is 3. The molecule has 2 aromatic carbocycles. The van der Waals surface area contributed by atoms with Gasteiger partial charge in [-0.3, -0.25) is 4.79 Å². The number of hydrogen-bond donors (Lipinski definition) is 2. The maximum absolute atomic E-state index is 12.5. The number of allylic oxidation sites excluding steroid dienone is 1. The Morgan fingerprint density at radius 3 is 1.71 bits per heavy atom. The molecule has 0 atom stereocenters. The maximum atomic E-state index is 12.5. The molecular weight excluding hydrogens is 325 g/mol. The number of benzene rings is 2. The van der Waals surface area contributed by atoms with Gasteiger partial charge in [0.25, 0.3) is 0 Å². The molecule has 0 bridgehead atoms. The van der Waals surface area contributed by atoms with Crippen LogP contribution in [-0.2, 0) is 11.0 Å². The smallest absolute Gasteiger partial charge is 0.416 e. The summed E-state index contributed by atoms with van der Waals surface area (Å²) in [5, 5.41) is 17.5. The van der Waals surface area contributed by atoms with Crippen LogP contribution in [0.1, 0.15) is 15.9 Å². The van der Waals surface area contributed by atoms with Gasteiger partial charge < -0.3 is 10.2 Å². The van der Waals surface area contributed by atoms with Crippen LogP contribution >= 0.6 is 0 Å². The van der Waals surface area contributed by atoms with Crippen LogP contribution in [0.2, 0.25) is 0 Å². The maximum Gasteiger partial charge on any atom is 0.416 e. The molecule has 0 aliphatic heterocycles. The zero-order valence-electron chi connectivity index (χ0n) is 12.0. The van der Waals surface area contributed by atoms with Crippen molar-refractivity contribution in [3.05, 3.63) is 71.5 Å². The molecule has 24 heavy (non-hydrogen) atoms. The highest BCUT2D eigenvalue weighted by Crippen LogP contribution is 2.31. The van der Waals surface area contributed by atoms with Gasteiger partial charge in [0, 0.05) is 11.6 Å². The molecule has 0 heterocycles. The molecule has 0 amide bonds. The van der Waals surface area contributed by atoms with E-state index in [1.165, 1.54) is 36.4 Å². The Balaban J connectivity index is 2.22. The second-order valence-corrected chi connectivity index (χ2v) is 4.85. The lowest BCUT2D eigenvalue weighted by molar-refractivity contribution is -0.137. The zero-order chi connectivity index (χ0) is 17.9. The largest absolute Gasteiger partial charge is 0.502 e. The van der Waals surface area contributed by atoms with Gasteiger partial charge in [0.05, 0.1) is 5.56 Å². The molecule has 2 aromatic rings. The van der Waals surface area contributed by atoms with E-state index in [2.05, 4.69) is 0 Å². The van der Waals surface area contributed by atoms with Gasteiger partial charge in [0.15, 0.2) is 5.78 Å². The van der Waals surface area contributed by atoms with Crippen LogP contribution < -0.4 is 0 Å². The number of aliphatic hydroxyl groups excluding tert-OH is 1. The van der Waals surface area contributed by atoms with Crippen LogP contribution in [0, 0.1) is 0 Å². The minimum absolute atomic E-state index is 0.137. The highest BCUT2D eigenvalue weighted by atomic mass is 19.4. The predicted molar refractivity (Wildman–Crippen MR) is 79.6 cm³/mol. The molecule has 0 radical (unpaired) electrons. The molecule has 0 unspecified atom stereocenters. The summed E-state index contributed by atoms with van der Waals surface area (Å²) < 4.78 is 37.6.